The molecule has 1 aliphatic heterocycles. The smallest absolute Gasteiger partial charge is 0.253 e. The standard InChI is InChI=1S/C10H11NOS/c1-5-6(2)10(5)8-7(3-4-13-8)9(12)11-10/h3-6H,1-2H3,(H,11,12). The van der Waals surface area contributed by atoms with Crippen LogP contribution in [0, 0.1) is 11.8 Å². The number of carbonyl (C=O) groups excluding carboxylic acids is 1. The van der Waals surface area contributed by atoms with Crippen LogP contribution in [0.1, 0.15) is 29.1 Å². The summed E-state index contributed by atoms with van der Waals surface area (Å²) in [6.45, 7) is 4.42. The van der Waals surface area contributed by atoms with Crippen LogP contribution < -0.4 is 5.32 Å². The van der Waals surface area contributed by atoms with Crippen molar-refractivity contribution in [1.29, 1.82) is 0 Å². The minimum absolute atomic E-state index is 0.0145. The van der Waals surface area contributed by atoms with Crippen molar-refractivity contribution in [3.8, 4) is 0 Å². The van der Waals surface area contributed by atoms with Crippen LogP contribution in [-0.4, -0.2) is 5.91 Å². The first-order valence-electron chi connectivity index (χ1n) is 4.58. The third-order valence-electron chi connectivity index (χ3n) is 3.68. The van der Waals surface area contributed by atoms with Gasteiger partial charge in [0.15, 0.2) is 0 Å². The van der Waals surface area contributed by atoms with Gasteiger partial charge in [-0.3, -0.25) is 4.79 Å². The molecular weight excluding hydrogens is 182 g/mol. The number of amides is 1. The fraction of sp³-hybridized carbons (Fsp3) is 0.500. The Balaban J connectivity index is 2.19. The summed E-state index contributed by atoms with van der Waals surface area (Å²) in [5, 5.41) is 5.14. The van der Waals surface area contributed by atoms with Gasteiger partial charge in [0.05, 0.1) is 11.1 Å². The van der Waals surface area contributed by atoms with E-state index < -0.39 is 0 Å². The van der Waals surface area contributed by atoms with Crippen LogP contribution in [0.3, 0.4) is 0 Å². The first-order valence-corrected chi connectivity index (χ1v) is 5.46. The summed E-state index contributed by atoms with van der Waals surface area (Å²) < 4.78 is 0. The molecule has 68 valence electrons. The van der Waals surface area contributed by atoms with E-state index in [0.717, 1.165) is 5.56 Å². The Morgan fingerprint density at radius 3 is 2.77 bits per heavy atom. The lowest BCUT2D eigenvalue weighted by Gasteiger charge is -2.08. The topological polar surface area (TPSA) is 29.1 Å². The summed E-state index contributed by atoms with van der Waals surface area (Å²) in [5.74, 6) is 1.31. The lowest BCUT2D eigenvalue weighted by molar-refractivity contribution is 0.0948. The number of hydrogen-bond donors (Lipinski definition) is 1. The molecule has 13 heavy (non-hydrogen) atoms. The predicted octanol–water partition coefficient (Wildman–Crippen LogP) is 1.97. The molecule has 3 rings (SSSR count). The van der Waals surface area contributed by atoms with E-state index in [-0.39, 0.29) is 11.4 Å². The van der Waals surface area contributed by atoms with Crippen molar-refractivity contribution in [2.45, 2.75) is 19.4 Å². The van der Waals surface area contributed by atoms with Crippen molar-refractivity contribution in [2.75, 3.05) is 0 Å². The van der Waals surface area contributed by atoms with E-state index in [9.17, 15) is 4.79 Å². The van der Waals surface area contributed by atoms with E-state index in [0.29, 0.717) is 11.8 Å². The van der Waals surface area contributed by atoms with Gasteiger partial charge in [-0.15, -0.1) is 11.3 Å². The van der Waals surface area contributed by atoms with Gasteiger partial charge in [0.1, 0.15) is 0 Å². The highest BCUT2D eigenvalue weighted by molar-refractivity contribution is 7.10. The van der Waals surface area contributed by atoms with E-state index in [1.807, 2.05) is 11.4 Å². The molecule has 1 fully saturated rings. The van der Waals surface area contributed by atoms with Gasteiger partial charge in [-0.25, -0.2) is 0 Å². The monoisotopic (exact) mass is 193 g/mol. The van der Waals surface area contributed by atoms with E-state index in [2.05, 4.69) is 19.2 Å². The number of carbonyl (C=O) groups is 1. The molecular formula is C10H11NOS. The number of hydrogen-bond acceptors (Lipinski definition) is 2. The van der Waals surface area contributed by atoms with Crippen LogP contribution in [0.2, 0.25) is 0 Å². The molecule has 2 nitrogen and oxygen atoms in total. The Hall–Kier alpha value is -0.830. The summed E-state index contributed by atoms with van der Waals surface area (Å²) in [5.41, 5.74) is 0.918. The molecule has 2 heterocycles. The number of rotatable bonds is 0. The lowest BCUT2D eigenvalue weighted by Crippen LogP contribution is -2.28. The quantitative estimate of drug-likeness (QED) is 0.670. The molecule has 1 aromatic rings. The molecule has 1 N–H and O–H groups in total. The molecule has 0 aromatic carbocycles. The zero-order valence-corrected chi connectivity index (χ0v) is 8.44. The van der Waals surface area contributed by atoms with Crippen molar-refractivity contribution in [2.24, 2.45) is 11.8 Å². The molecule has 0 radical (unpaired) electrons. The Kier molecular flexibility index (Phi) is 1.15. The zero-order chi connectivity index (χ0) is 9.22. The van der Waals surface area contributed by atoms with Crippen LogP contribution in [0.25, 0.3) is 0 Å². The normalized spacial score (nSPS) is 40.6. The molecule has 2 aliphatic rings. The van der Waals surface area contributed by atoms with E-state index in [1.165, 1.54) is 4.88 Å². The summed E-state index contributed by atoms with van der Waals surface area (Å²) in [6.07, 6.45) is 0. The second kappa shape index (κ2) is 1.98. The van der Waals surface area contributed by atoms with E-state index >= 15 is 0 Å². The van der Waals surface area contributed by atoms with Crippen molar-refractivity contribution < 1.29 is 4.79 Å². The van der Waals surface area contributed by atoms with Crippen LogP contribution in [-0.2, 0) is 5.54 Å². The average Bonchev–Trinajstić information content (AvgIpc) is 2.61. The zero-order valence-electron chi connectivity index (χ0n) is 7.63. The van der Waals surface area contributed by atoms with E-state index in [1.54, 1.807) is 11.3 Å². The average molecular weight is 193 g/mol. The second-order valence-electron chi connectivity index (χ2n) is 4.06. The third kappa shape index (κ3) is 0.645. The van der Waals surface area contributed by atoms with Crippen molar-refractivity contribution in [3.05, 3.63) is 21.9 Å². The lowest BCUT2D eigenvalue weighted by atomic mass is 10.1. The minimum atomic E-state index is 0.0145. The van der Waals surface area contributed by atoms with Gasteiger partial charge in [-0.05, 0) is 23.3 Å². The summed E-state index contributed by atoms with van der Waals surface area (Å²) in [6, 6.07) is 1.93. The Bertz CT molecular complexity index is 387. The number of fused-ring (bicyclic) bond motifs is 2. The first-order chi connectivity index (χ1) is 6.18. The van der Waals surface area contributed by atoms with Gasteiger partial charge < -0.3 is 5.32 Å². The molecule has 1 saturated carbocycles. The highest BCUT2D eigenvalue weighted by Crippen LogP contribution is 2.61. The minimum Gasteiger partial charge on any atom is -0.341 e. The Morgan fingerprint density at radius 2 is 2.15 bits per heavy atom. The van der Waals surface area contributed by atoms with Gasteiger partial charge in [0.25, 0.3) is 5.91 Å². The van der Waals surface area contributed by atoms with Crippen molar-refractivity contribution in [3.63, 3.8) is 0 Å². The molecule has 2 atom stereocenters. The summed E-state index contributed by atoms with van der Waals surface area (Å²) in [4.78, 5) is 12.8. The predicted molar refractivity (Wildman–Crippen MR) is 51.8 cm³/mol. The summed E-state index contributed by atoms with van der Waals surface area (Å²) >= 11 is 1.71. The Labute approximate surface area is 81.0 Å². The SMILES string of the molecule is CC1C(C)C12NC(=O)c1ccsc12. The van der Waals surface area contributed by atoms with Gasteiger partial charge in [0.2, 0.25) is 0 Å². The highest BCUT2D eigenvalue weighted by Gasteiger charge is 2.65. The van der Waals surface area contributed by atoms with Crippen LogP contribution in [0.5, 0.6) is 0 Å². The maximum atomic E-state index is 11.6. The van der Waals surface area contributed by atoms with Gasteiger partial charge in [-0.1, -0.05) is 13.8 Å². The van der Waals surface area contributed by atoms with Crippen molar-refractivity contribution >= 4 is 17.2 Å². The molecule has 1 aliphatic carbocycles. The van der Waals surface area contributed by atoms with Crippen LogP contribution >= 0.6 is 11.3 Å². The first kappa shape index (κ1) is 7.56. The number of thiophene rings is 1. The van der Waals surface area contributed by atoms with E-state index in [4.69, 9.17) is 0 Å². The maximum Gasteiger partial charge on any atom is 0.253 e. The second-order valence-corrected chi connectivity index (χ2v) is 4.98. The molecule has 0 bridgehead atoms. The van der Waals surface area contributed by atoms with Crippen LogP contribution in [0.4, 0.5) is 0 Å². The fourth-order valence-electron chi connectivity index (χ4n) is 2.54. The molecule has 0 saturated heterocycles. The van der Waals surface area contributed by atoms with Gasteiger partial charge in [-0.2, -0.15) is 0 Å². The molecule has 3 heteroatoms. The Morgan fingerprint density at radius 1 is 1.46 bits per heavy atom. The van der Waals surface area contributed by atoms with Crippen LogP contribution in [0.15, 0.2) is 11.4 Å². The maximum absolute atomic E-state index is 11.6. The third-order valence-corrected chi connectivity index (χ3v) is 4.75. The molecule has 1 amide bonds. The molecule has 1 aromatic heterocycles. The van der Waals surface area contributed by atoms with Gasteiger partial charge >= 0.3 is 0 Å². The summed E-state index contributed by atoms with van der Waals surface area (Å²) in [7, 11) is 0. The largest absolute Gasteiger partial charge is 0.341 e. The van der Waals surface area contributed by atoms with Gasteiger partial charge in [0, 0.05) is 4.88 Å². The fourth-order valence-corrected chi connectivity index (χ4v) is 3.78. The molecule has 1 spiro atoms. The van der Waals surface area contributed by atoms with Crippen molar-refractivity contribution in [1.82, 2.24) is 5.32 Å². The molecule has 2 unspecified atom stereocenters. The number of nitrogens with one attached hydrogen (secondary N) is 1. The highest BCUT2D eigenvalue weighted by atomic mass is 32.1.